The predicted octanol–water partition coefficient (Wildman–Crippen LogP) is 3.12. The standard InChI is InChI=1S/C14H20F3N3S/c1-3-18-13(19-8-9-21-2)20-10-11-4-6-12(7-5-11)14(15,16)17/h4-7H,3,8-10H2,1-2H3,(H2,18,19,20). The molecule has 0 radical (unpaired) electrons. The zero-order valence-electron chi connectivity index (χ0n) is 12.1. The highest BCUT2D eigenvalue weighted by Gasteiger charge is 2.29. The van der Waals surface area contributed by atoms with Crippen molar-refractivity contribution in [2.24, 2.45) is 4.99 Å². The summed E-state index contributed by atoms with van der Waals surface area (Å²) in [5.74, 6) is 1.64. The molecule has 0 aliphatic heterocycles. The molecule has 0 unspecified atom stereocenters. The van der Waals surface area contributed by atoms with Crippen molar-refractivity contribution in [3.63, 3.8) is 0 Å². The molecule has 0 saturated carbocycles. The van der Waals surface area contributed by atoms with Crippen molar-refractivity contribution in [1.82, 2.24) is 10.6 Å². The number of hydrogen-bond donors (Lipinski definition) is 2. The topological polar surface area (TPSA) is 36.4 Å². The number of alkyl halides is 3. The van der Waals surface area contributed by atoms with Gasteiger partial charge in [0, 0.05) is 18.8 Å². The molecule has 0 fully saturated rings. The van der Waals surface area contributed by atoms with Crippen molar-refractivity contribution < 1.29 is 13.2 Å². The third-order valence-corrected chi connectivity index (χ3v) is 3.26. The Kier molecular flexibility index (Phi) is 7.42. The molecule has 0 saturated heterocycles. The van der Waals surface area contributed by atoms with Gasteiger partial charge in [-0.05, 0) is 30.9 Å². The monoisotopic (exact) mass is 319 g/mol. The second-order valence-electron chi connectivity index (χ2n) is 4.31. The molecule has 2 N–H and O–H groups in total. The lowest BCUT2D eigenvalue weighted by Gasteiger charge is -2.11. The number of thioether (sulfide) groups is 1. The summed E-state index contributed by atoms with van der Waals surface area (Å²) in [4.78, 5) is 4.35. The molecule has 3 nitrogen and oxygen atoms in total. The van der Waals surface area contributed by atoms with Gasteiger partial charge in [-0.3, -0.25) is 0 Å². The van der Waals surface area contributed by atoms with Crippen LogP contribution in [-0.2, 0) is 12.7 Å². The van der Waals surface area contributed by atoms with Gasteiger partial charge in [-0.25, -0.2) is 4.99 Å². The third kappa shape index (κ3) is 6.75. The molecule has 0 aliphatic rings. The molecule has 118 valence electrons. The van der Waals surface area contributed by atoms with E-state index in [9.17, 15) is 13.2 Å². The number of benzene rings is 1. The first-order valence-corrected chi connectivity index (χ1v) is 8.04. The third-order valence-electron chi connectivity index (χ3n) is 2.64. The summed E-state index contributed by atoms with van der Waals surface area (Å²) in [7, 11) is 0. The maximum Gasteiger partial charge on any atom is 0.416 e. The first-order valence-electron chi connectivity index (χ1n) is 6.64. The van der Waals surface area contributed by atoms with Gasteiger partial charge in [0.1, 0.15) is 0 Å². The number of hydrogen-bond acceptors (Lipinski definition) is 2. The van der Waals surface area contributed by atoms with Crippen LogP contribution in [0.5, 0.6) is 0 Å². The van der Waals surface area contributed by atoms with Crippen LogP contribution < -0.4 is 10.6 Å². The van der Waals surface area contributed by atoms with Gasteiger partial charge >= 0.3 is 6.18 Å². The Morgan fingerprint density at radius 3 is 2.38 bits per heavy atom. The number of nitrogens with one attached hydrogen (secondary N) is 2. The zero-order chi connectivity index (χ0) is 15.7. The predicted molar refractivity (Wildman–Crippen MR) is 82.6 cm³/mol. The molecule has 0 atom stereocenters. The van der Waals surface area contributed by atoms with Crippen molar-refractivity contribution >= 4 is 17.7 Å². The lowest BCUT2D eigenvalue weighted by atomic mass is 10.1. The summed E-state index contributed by atoms with van der Waals surface area (Å²) in [5.41, 5.74) is 0.102. The number of aliphatic imine (C=N–C) groups is 1. The van der Waals surface area contributed by atoms with Gasteiger partial charge in [0.15, 0.2) is 5.96 Å². The highest BCUT2D eigenvalue weighted by Crippen LogP contribution is 2.29. The number of guanidine groups is 1. The van der Waals surface area contributed by atoms with Crippen molar-refractivity contribution in [2.45, 2.75) is 19.6 Å². The summed E-state index contributed by atoms with van der Waals surface area (Å²) in [5, 5.41) is 6.26. The molecule has 0 heterocycles. The normalized spacial score (nSPS) is 12.3. The van der Waals surface area contributed by atoms with Gasteiger partial charge in [-0.1, -0.05) is 12.1 Å². The Morgan fingerprint density at radius 1 is 1.19 bits per heavy atom. The molecule has 21 heavy (non-hydrogen) atoms. The van der Waals surface area contributed by atoms with Crippen LogP contribution in [0, 0.1) is 0 Å². The summed E-state index contributed by atoms with van der Waals surface area (Å²) in [6.45, 7) is 3.83. The Labute approximate surface area is 127 Å². The van der Waals surface area contributed by atoms with Gasteiger partial charge in [0.2, 0.25) is 0 Å². The quantitative estimate of drug-likeness (QED) is 0.480. The minimum Gasteiger partial charge on any atom is -0.357 e. The van der Waals surface area contributed by atoms with Crippen molar-refractivity contribution in [1.29, 1.82) is 0 Å². The van der Waals surface area contributed by atoms with Crippen LogP contribution in [0.4, 0.5) is 13.2 Å². The van der Waals surface area contributed by atoms with Gasteiger partial charge in [0.05, 0.1) is 12.1 Å². The Bertz CT molecular complexity index is 444. The minimum absolute atomic E-state index is 0.340. The summed E-state index contributed by atoms with van der Waals surface area (Å²) in [6, 6.07) is 5.08. The van der Waals surface area contributed by atoms with Crippen LogP contribution in [0.25, 0.3) is 0 Å². The second-order valence-corrected chi connectivity index (χ2v) is 5.30. The van der Waals surface area contributed by atoms with Crippen molar-refractivity contribution in [3.8, 4) is 0 Å². The molecule has 0 bridgehead atoms. The van der Waals surface area contributed by atoms with E-state index in [4.69, 9.17) is 0 Å². The number of rotatable bonds is 6. The van der Waals surface area contributed by atoms with E-state index < -0.39 is 11.7 Å². The fourth-order valence-corrected chi connectivity index (χ4v) is 1.89. The Hall–Kier alpha value is -1.37. The minimum atomic E-state index is -4.30. The molecular weight excluding hydrogens is 299 g/mol. The van der Waals surface area contributed by atoms with Crippen LogP contribution in [0.1, 0.15) is 18.1 Å². The fraction of sp³-hybridized carbons (Fsp3) is 0.500. The molecule has 1 aromatic carbocycles. The van der Waals surface area contributed by atoms with E-state index in [2.05, 4.69) is 15.6 Å². The molecule has 7 heteroatoms. The van der Waals surface area contributed by atoms with E-state index in [1.165, 1.54) is 12.1 Å². The lowest BCUT2D eigenvalue weighted by molar-refractivity contribution is -0.137. The van der Waals surface area contributed by atoms with Gasteiger partial charge in [-0.2, -0.15) is 24.9 Å². The SMILES string of the molecule is CCNC(=NCc1ccc(C(F)(F)F)cc1)NCCSC. The van der Waals surface area contributed by atoms with Crippen LogP contribution in [0.3, 0.4) is 0 Å². The molecular formula is C14H20F3N3S. The Morgan fingerprint density at radius 2 is 1.86 bits per heavy atom. The molecule has 1 aromatic rings. The highest BCUT2D eigenvalue weighted by molar-refractivity contribution is 7.98. The average molecular weight is 319 g/mol. The number of halogens is 3. The van der Waals surface area contributed by atoms with Crippen LogP contribution in [0.15, 0.2) is 29.3 Å². The van der Waals surface area contributed by atoms with Crippen molar-refractivity contribution in [2.75, 3.05) is 25.1 Å². The van der Waals surface area contributed by atoms with E-state index in [1.54, 1.807) is 11.8 Å². The van der Waals surface area contributed by atoms with E-state index in [-0.39, 0.29) is 0 Å². The lowest BCUT2D eigenvalue weighted by Crippen LogP contribution is -2.38. The van der Waals surface area contributed by atoms with Crippen LogP contribution in [0.2, 0.25) is 0 Å². The molecule has 1 rings (SSSR count). The highest BCUT2D eigenvalue weighted by atomic mass is 32.2. The molecule has 0 amide bonds. The first kappa shape index (κ1) is 17.7. The summed E-state index contributed by atoms with van der Waals surface area (Å²) in [6.07, 6.45) is -2.27. The van der Waals surface area contributed by atoms with Crippen LogP contribution in [-0.4, -0.2) is 31.1 Å². The maximum atomic E-state index is 12.5. The maximum absolute atomic E-state index is 12.5. The average Bonchev–Trinajstić information content (AvgIpc) is 2.44. The largest absolute Gasteiger partial charge is 0.416 e. The van der Waals surface area contributed by atoms with E-state index in [0.29, 0.717) is 12.5 Å². The Balaban J connectivity index is 2.62. The summed E-state index contributed by atoms with van der Waals surface area (Å²) >= 11 is 1.73. The van der Waals surface area contributed by atoms with E-state index >= 15 is 0 Å². The van der Waals surface area contributed by atoms with Gasteiger partial charge in [0.25, 0.3) is 0 Å². The fourth-order valence-electron chi connectivity index (χ4n) is 1.58. The van der Waals surface area contributed by atoms with Crippen LogP contribution >= 0.6 is 11.8 Å². The molecule has 0 aromatic heterocycles. The van der Waals surface area contributed by atoms with E-state index in [0.717, 1.165) is 36.5 Å². The van der Waals surface area contributed by atoms with Gasteiger partial charge in [-0.15, -0.1) is 0 Å². The first-order chi connectivity index (χ1) is 9.97. The molecule has 0 aliphatic carbocycles. The smallest absolute Gasteiger partial charge is 0.357 e. The number of nitrogens with zero attached hydrogens (tertiary/aromatic N) is 1. The van der Waals surface area contributed by atoms with Crippen molar-refractivity contribution in [3.05, 3.63) is 35.4 Å². The van der Waals surface area contributed by atoms with E-state index in [1.807, 2.05) is 13.2 Å². The van der Waals surface area contributed by atoms with Gasteiger partial charge < -0.3 is 10.6 Å². The molecule has 0 spiro atoms. The zero-order valence-corrected chi connectivity index (χ0v) is 12.9. The second kappa shape index (κ2) is 8.81. The summed E-state index contributed by atoms with van der Waals surface area (Å²) < 4.78 is 37.4.